The van der Waals surface area contributed by atoms with Gasteiger partial charge in [-0.15, -0.1) is 0 Å². The number of rotatable bonds is 4. The second kappa shape index (κ2) is 5.48. The van der Waals surface area contributed by atoms with E-state index in [2.05, 4.69) is 12.6 Å². The fourth-order valence-corrected chi connectivity index (χ4v) is 0.710. The van der Waals surface area contributed by atoms with Crippen molar-refractivity contribution in [1.29, 1.82) is 0 Å². The van der Waals surface area contributed by atoms with Crippen LogP contribution in [0.3, 0.4) is 0 Å². The molecule has 0 radical (unpaired) electrons. The molecule has 0 bridgehead atoms. The van der Waals surface area contributed by atoms with Gasteiger partial charge >= 0.3 is 6.08 Å². The third-order valence-corrected chi connectivity index (χ3v) is 2.01. The number of halogens is 4. The molecule has 0 aromatic rings. The molecule has 6 heteroatoms. The number of hydrogen-bond donors (Lipinski definition) is 1. The van der Waals surface area contributed by atoms with Crippen LogP contribution in [0.2, 0.25) is 0 Å². The Morgan fingerprint density at radius 2 is 1.92 bits per heavy atom. The van der Waals surface area contributed by atoms with Gasteiger partial charge in [0.2, 0.25) is 5.24 Å². The first-order chi connectivity index (χ1) is 5.45. The average molecular weight is 219 g/mol. The molecule has 0 rings (SSSR count). The van der Waals surface area contributed by atoms with E-state index in [4.69, 9.17) is 11.6 Å². The van der Waals surface area contributed by atoms with Crippen LogP contribution < -0.4 is 0 Å². The van der Waals surface area contributed by atoms with E-state index in [-0.39, 0.29) is 6.42 Å². The van der Waals surface area contributed by atoms with Crippen molar-refractivity contribution in [1.82, 2.24) is 0 Å². The lowest BCUT2D eigenvalue weighted by atomic mass is 10.2. The van der Waals surface area contributed by atoms with Gasteiger partial charge in [-0.1, -0.05) is 0 Å². The largest absolute Gasteiger partial charge is 0.301 e. The zero-order valence-electron chi connectivity index (χ0n) is 5.86. The molecule has 0 spiro atoms. The van der Waals surface area contributed by atoms with Crippen molar-refractivity contribution in [3.63, 3.8) is 0 Å². The van der Waals surface area contributed by atoms with Crippen molar-refractivity contribution in [2.75, 3.05) is 0 Å². The number of thiol groups is 1. The maximum Gasteiger partial charge on any atom is 0.301 e. The third kappa shape index (κ3) is 4.66. The number of carbonyl (C=O) groups is 1. The standard InChI is InChI=1S/C6H6ClF3OS/c7-5(11)4(12)2-1-3(8)6(9)10/h4,12H,1-2H2. The predicted octanol–water partition coefficient (Wildman–Crippen LogP) is 2.91. The molecule has 0 saturated carbocycles. The first kappa shape index (κ1) is 11.8. The van der Waals surface area contributed by atoms with Gasteiger partial charge in [0.1, 0.15) is 0 Å². The topological polar surface area (TPSA) is 17.1 Å². The van der Waals surface area contributed by atoms with Crippen LogP contribution in [0.5, 0.6) is 0 Å². The molecule has 0 aliphatic rings. The minimum Gasteiger partial charge on any atom is -0.280 e. The Kier molecular flexibility index (Phi) is 5.41. The maximum atomic E-state index is 12.1. The molecular formula is C6H6ClF3OS. The van der Waals surface area contributed by atoms with Crippen LogP contribution >= 0.6 is 24.2 Å². The Bertz CT molecular complexity index is 203. The molecule has 0 aromatic heterocycles. The number of carbonyl (C=O) groups excluding carboxylic acids is 1. The van der Waals surface area contributed by atoms with Gasteiger partial charge in [0.05, 0.1) is 5.25 Å². The summed E-state index contributed by atoms with van der Waals surface area (Å²) in [6.45, 7) is 0. The lowest BCUT2D eigenvalue weighted by Crippen LogP contribution is -2.07. The van der Waals surface area contributed by atoms with Crippen molar-refractivity contribution >= 4 is 29.5 Å². The van der Waals surface area contributed by atoms with Gasteiger partial charge in [-0.2, -0.15) is 21.4 Å². The highest BCUT2D eigenvalue weighted by atomic mass is 35.5. The van der Waals surface area contributed by atoms with Crippen LogP contribution in [0.4, 0.5) is 13.2 Å². The summed E-state index contributed by atoms with van der Waals surface area (Å²) in [5.41, 5.74) is 0. The number of allylic oxidation sites excluding steroid dienone is 1. The van der Waals surface area contributed by atoms with E-state index in [1.165, 1.54) is 0 Å². The Balaban J connectivity index is 3.85. The second-order valence-electron chi connectivity index (χ2n) is 2.02. The molecule has 0 N–H and O–H groups in total. The molecule has 1 atom stereocenters. The van der Waals surface area contributed by atoms with Gasteiger partial charge in [0.25, 0.3) is 0 Å². The van der Waals surface area contributed by atoms with Crippen LogP contribution in [0.15, 0.2) is 11.9 Å². The van der Waals surface area contributed by atoms with E-state index >= 15 is 0 Å². The third-order valence-electron chi connectivity index (χ3n) is 1.10. The summed E-state index contributed by atoms with van der Waals surface area (Å²) in [6, 6.07) is 0. The van der Waals surface area contributed by atoms with Crippen molar-refractivity contribution in [3.8, 4) is 0 Å². The van der Waals surface area contributed by atoms with Crippen molar-refractivity contribution in [2.45, 2.75) is 18.1 Å². The fourth-order valence-electron chi connectivity index (χ4n) is 0.471. The highest BCUT2D eigenvalue weighted by Crippen LogP contribution is 2.18. The molecular weight excluding hydrogens is 213 g/mol. The molecule has 70 valence electrons. The molecule has 12 heavy (non-hydrogen) atoms. The highest BCUT2D eigenvalue weighted by molar-refractivity contribution is 7.82. The zero-order chi connectivity index (χ0) is 9.72. The summed E-state index contributed by atoms with van der Waals surface area (Å²) >= 11 is 8.60. The van der Waals surface area contributed by atoms with Crippen LogP contribution in [-0.4, -0.2) is 10.5 Å². The van der Waals surface area contributed by atoms with Gasteiger partial charge in [-0.25, -0.2) is 4.39 Å². The summed E-state index contributed by atoms with van der Waals surface area (Å²) in [5.74, 6) is -1.52. The minimum absolute atomic E-state index is 0.130. The minimum atomic E-state index is -2.36. The summed E-state index contributed by atoms with van der Waals surface area (Å²) in [4.78, 5) is 10.3. The van der Waals surface area contributed by atoms with Crippen LogP contribution in [0, 0.1) is 0 Å². The van der Waals surface area contributed by atoms with Gasteiger partial charge in [0.15, 0.2) is 5.83 Å². The molecule has 1 unspecified atom stereocenters. The lowest BCUT2D eigenvalue weighted by molar-refractivity contribution is -0.111. The Hall–Kier alpha value is -0.160. The average Bonchev–Trinajstić information content (AvgIpc) is 1.98. The van der Waals surface area contributed by atoms with Crippen LogP contribution in [0.25, 0.3) is 0 Å². The monoisotopic (exact) mass is 218 g/mol. The normalized spacial score (nSPS) is 12.4. The van der Waals surface area contributed by atoms with E-state index in [0.717, 1.165) is 0 Å². The molecule has 0 aliphatic heterocycles. The SMILES string of the molecule is O=C(Cl)C(S)CCC(F)=C(F)F. The summed E-state index contributed by atoms with van der Waals surface area (Å²) < 4.78 is 35.0. The van der Waals surface area contributed by atoms with Gasteiger partial charge in [-0.3, -0.25) is 4.79 Å². The fraction of sp³-hybridized carbons (Fsp3) is 0.500. The molecule has 0 heterocycles. The molecule has 0 aliphatic carbocycles. The van der Waals surface area contributed by atoms with Crippen LogP contribution in [-0.2, 0) is 4.79 Å². The maximum absolute atomic E-state index is 12.1. The van der Waals surface area contributed by atoms with E-state index in [0.29, 0.717) is 0 Å². The molecule has 0 saturated heterocycles. The summed E-state index contributed by atoms with van der Waals surface area (Å²) in [6.07, 6.45) is -3.01. The summed E-state index contributed by atoms with van der Waals surface area (Å²) in [5, 5.41) is -1.66. The molecule has 0 amide bonds. The highest BCUT2D eigenvalue weighted by Gasteiger charge is 2.13. The van der Waals surface area contributed by atoms with Gasteiger partial charge < -0.3 is 0 Å². The Labute approximate surface area is 78.0 Å². The van der Waals surface area contributed by atoms with Crippen LogP contribution in [0.1, 0.15) is 12.8 Å². The quantitative estimate of drug-likeness (QED) is 0.567. The predicted molar refractivity (Wildman–Crippen MR) is 43.2 cm³/mol. The smallest absolute Gasteiger partial charge is 0.280 e. The molecule has 0 aromatic carbocycles. The van der Waals surface area contributed by atoms with Gasteiger partial charge in [-0.05, 0) is 18.0 Å². The zero-order valence-corrected chi connectivity index (χ0v) is 7.51. The Morgan fingerprint density at radius 3 is 2.25 bits per heavy atom. The van der Waals surface area contributed by atoms with E-state index in [1.807, 2.05) is 0 Å². The first-order valence-electron chi connectivity index (χ1n) is 3.02. The van der Waals surface area contributed by atoms with Crippen molar-refractivity contribution in [3.05, 3.63) is 11.9 Å². The van der Waals surface area contributed by atoms with Gasteiger partial charge in [0, 0.05) is 6.42 Å². The van der Waals surface area contributed by atoms with E-state index in [9.17, 15) is 18.0 Å². The second-order valence-corrected chi connectivity index (χ2v) is 3.02. The Morgan fingerprint density at radius 1 is 1.42 bits per heavy atom. The molecule has 0 fully saturated rings. The van der Waals surface area contributed by atoms with Crippen molar-refractivity contribution in [2.24, 2.45) is 0 Å². The van der Waals surface area contributed by atoms with Crippen molar-refractivity contribution < 1.29 is 18.0 Å². The summed E-state index contributed by atoms with van der Waals surface area (Å²) in [7, 11) is 0. The first-order valence-corrected chi connectivity index (χ1v) is 3.91. The van der Waals surface area contributed by atoms with E-state index in [1.54, 1.807) is 0 Å². The van der Waals surface area contributed by atoms with E-state index < -0.39 is 28.8 Å². The lowest BCUT2D eigenvalue weighted by Gasteiger charge is -2.01. The number of hydrogen-bond acceptors (Lipinski definition) is 2. The molecule has 1 nitrogen and oxygen atoms in total.